The van der Waals surface area contributed by atoms with Gasteiger partial charge in [-0.05, 0) is 38.1 Å². The maximum atomic E-state index is 12.5. The molecule has 0 aliphatic rings. The van der Waals surface area contributed by atoms with E-state index in [1.807, 2.05) is 18.7 Å². The number of nitrogens with one attached hydrogen (secondary N) is 1. The maximum Gasteiger partial charge on any atom is 0.258 e. The Bertz CT molecular complexity index is 1060. The summed E-state index contributed by atoms with van der Waals surface area (Å²) < 4.78 is 1.54. The van der Waals surface area contributed by atoms with E-state index in [-0.39, 0.29) is 18.0 Å². The lowest BCUT2D eigenvalue weighted by Gasteiger charge is -2.21. The first kappa shape index (κ1) is 20.8. The monoisotopic (exact) mass is 438 g/mol. The first-order chi connectivity index (χ1) is 13.4. The molecular formula is C19H20Cl2N4O2S. The number of carbonyl (C=O) groups excluding carboxylic acids is 1. The fraction of sp³-hybridized carbons (Fsp3) is 0.316. The van der Waals surface area contributed by atoms with E-state index in [1.165, 1.54) is 17.4 Å². The standard InChI is InChI=1S/C19H20Cl2N4O2S/c1-3-6-24(11-17(26)23-16-5-4-13(20)7-15(16)21)10-14-8-18(27)25-9-12(2)28-19(25)22-14/h4-5,7-9H,3,6,10-11H2,1-2H3,(H,23,26). The maximum absolute atomic E-state index is 12.5. The van der Waals surface area contributed by atoms with E-state index in [4.69, 9.17) is 23.2 Å². The lowest BCUT2D eigenvalue weighted by Crippen LogP contribution is -2.34. The summed E-state index contributed by atoms with van der Waals surface area (Å²) >= 11 is 13.5. The van der Waals surface area contributed by atoms with Gasteiger partial charge in [-0.25, -0.2) is 4.98 Å². The number of nitrogens with zero attached hydrogens (tertiary/aromatic N) is 3. The lowest BCUT2D eigenvalue weighted by molar-refractivity contribution is -0.117. The van der Waals surface area contributed by atoms with Crippen molar-refractivity contribution in [2.24, 2.45) is 0 Å². The number of halogens is 2. The molecule has 6 nitrogen and oxygen atoms in total. The summed E-state index contributed by atoms with van der Waals surface area (Å²) in [6.07, 6.45) is 2.65. The second-order valence-electron chi connectivity index (χ2n) is 6.46. The molecule has 3 aromatic rings. The van der Waals surface area contributed by atoms with Gasteiger partial charge in [-0.3, -0.25) is 18.9 Å². The molecule has 0 atom stereocenters. The molecule has 0 spiro atoms. The zero-order valence-corrected chi connectivity index (χ0v) is 17.9. The quantitative estimate of drug-likeness (QED) is 0.599. The highest BCUT2D eigenvalue weighted by molar-refractivity contribution is 7.16. The normalized spacial score (nSPS) is 11.3. The summed E-state index contributed by atoms with van der Waals surface area (Å²) in [7, 11) is 0. The van der Waals surface area contributed by atoms with Crippen LogP contribution in [-0.4, -0.2) is 33.3 Å². The van der Waals surface area contributed by atoms with Crippen LogP contribution in [0.2, 0.25) is 10.0 Å². The van der Waals surface area contributed by atoms with Crippen molar-refractivity contribution in [3.63, 3.8) is 0 Å². The molecular weight excluding hydrogens is 419 g/mol. The number of anilines is 1. The van der Waals surface area contributed by atoms with Crippen LogP contribution in [0.3, 0.4) is 0 Å². The summed E-state index contributed by atoms with van der Waals surface area (Å²) in [6.45, 7) is 5.26. The van der Waals surface area contributed by atoms with Crippen molar-refractivity contribution in [3.8, 4) is 0 Å². The second-order valence-corrected chi connectivity index (χ2v) is 8.52. The second kappa shape index (κ2) is 9.05. The van der Waals surface area contributed by atoms with E-state index in [9.17, 15) is 9.59 Å². The highest BCUT2D eigenvalue weighted by Crippen LogP contribution is 2.25. The number of aryl methyl sites for hydroxylation is 1. The number of aromatic nitrogens is 2. The van der Waals surface area contributed by atoms with Gasteiger partial charge in [0.2, 0.25) is 5.91 Å². The average Bonchev–Trinajstić information content (AvgIpc) is 2.98. The predicted molar refractivity (Wildman–Crippen MR) is 115 cm³/mol. The van der Waals surface area contributed by atoms with Crippen LogP contribution in [0.5, 0.6) is 0 Å². The van der Waals surface area contributed by atoms with Gasteiger partial charge in [-0.2, -0.15) is 0 Å². The molecule has 1 amide bonds. The predicted octanol–water partition coefficient (Wildman–Crippen LogP) is 4.22. The topological polar surface area (TPSA) is 66.7 Å². The molecule has 0 radical (unpaired) electrons. The molecule has 0 aliphatic carbocycles. The van der Waals surface area contributed by atoms with Crippen molar-refractivity contribution in [1.29, 1.82) is 0 Å². The number of amides is 1. The molecule has 1 aromatic carbocycles. The smallest absolute Gasteiger partial charge is 0.258 e. The third kappa shape index (κ3) is 5.11. The molecule has 2 aromatic heterocycles. The van der Waals surface area contributed by atoms with E-state index < -0.39 is 0 Å². The van der Waals surface area contributed by atoms with Crippen LogP contribution in [0, 0.1) is 6.92 Å². The van der Waals surface area contributed by atoms with Gasteiger partial charge in [0.05, 0.1) is 22.9 Å². The molecule has 0 bridgehead atoms. The Kier molecular flexibility index (Phi) is 6.72. The number of hydrogen-bond acceptors (Lipinski definition) is 5. The average molecular weight is 439 g/mol. The Morgan fingerprint density at radius 3 is 2.82 bits per heavy atom. The van der Waals surface area contributed by atoms with Gasteiger partial charge in [0.1, 0.15) is 0 Å². The van der Waals surface area contributed by atoms with E-state index in [2.05, 4.69) is 10.3 Å². The Hall–Kier alpha value is -1.93. The Balaban J connectivity index is 1.72. The van der Waals surface area contributed by atoms with Crippen molar-refractivity contribution in [1.82, 2.24) is 14.3 Å². The van der Waals surface area contributed by atoms with E-state index >= 15 is 0 Å². The summed E-state index contributed by atoms with van der Waals surface area (Å²) in [5.74, 6) is -0.192. The largest absolute Gasteiger partial charge is 0.324 e. The molecule has 28 heavy (non-hydrogen) atoms. The van der Waals surface area contributed by atoms with E-state index in [1.54, 1.807) is 28.8 Å². The Morgan fingerprint density at radius 1 is 1.32 bits per heavy atom. The summed E-state index contributed by atoms with van der Waals surface area (Å²) in [4.78, 5) is 33.0. The van der Waals surface area contributed by atoms with Crippen LogP contribution in [0.15, 0.2) is 35.3 Å². The zero-order valence-electron chi connectivity index (χ0n) is 15.5. The van der Waals surface area contributed by atoms with Crippen LogP contribution in [0.25, 0.3) is 4.96 Å². The molecule has 0 saturated heterocycles. The first-order valence-electron chi connectivity index (χ1n) is 8.81. The number of fused-ring (bicyclic) bond motifs is 1. The molecule has 3 rings (SSSR count). The van der Waals surface area contributed by atoms with Crippen LogP contribution in [-0.2, 0) is 11.3 Å². The fourth-order valence-electron chi connectivity index (χ4n) is 2.88. The summed E-state index contributed by atoms with van der Waals surface area (Å²) in [5.41, 5.74) is 1.05. The summed E-state index contributed by atoms with van der Waals surface area (Å²) in [5, 5.41) is 3.69. The van der Waals surface area contributed by atoms with Gasteiger partial charge in [0.15, 0.2) is 4.96 Å². The van der Waals surface area contributed by atoms with Crippen LogP contribution >= 0.6 is 34.5 Å². The minimum absolute atomic E-state index is 0.113. The number of thiazole rings is 1. The van der Waals surface area contributed by atoms with Crippen molar-refractivity contribution in [3.05, 3.63) is 61.4 Å². The van der Waals surface area contributed by atoms with Gasteiger partial charge in [-0.15, -0.1) is 11.3 Å². The number of hydrogen-bond donors (Lipinski definition) is 1. The van der Waals surface area contributed by atoms with Gasteiger partial charge in [-0.1, -0.05) is 30.1 Å². The van der Waals surface area contributed by atoms with Gasteiger partial charge in [0.25, 0.3) is 5.56 Å². The lowest BCUT2D eigenvalue weighted by atomic mass is 10.3. The molecule has 0 unspecified atom stereocenters. The molecule has 0 aliphatic heterocycles. The molecule has 0 fully saturated rings. The van der Waals surface area contributed by atoms with Crippen molar-refractivity contribution in [2.75, 3.05) is 18.4 Å². The molecule has 1 N–H and O–H groups in total. The molecule has 0 saturated carbocycles. The fourth-order valence-corrected chi connectivity index (χ4v) is 4.19. The molecule has 2 heterocycles. The minimum Gasteiger partial charge on any atom is -0.324 e. The highest BCUT2D eigenvalue weighted by Gasteiger charge is 2.14. The van der Waals surface area contributed by atoms with E-state index in [0.29, 0.717) is 39.5 Å². The van der Waals surface area contributed by atoms with Crippen LogP contribution in [0.4, 0.5) is 5.69 Å². The zero-order chi connectivity index (χ0) is 20.3. The van der Waals surface area contributed by atoms with Crippen molar-refractivity contribution < 1.29 is 4.79 Å². The third-order valence-electron chi connectivity index (χ3n) is 4.03. The minimum atomic E-state index is -0.192. The number of benzene rings is 1. The van der Waals surface area contributed by atoms with Crippen LogP contribution in [0.1, 0.15) is 23.9 Å². The number of rotatable bonds is 7. The first-order valence-corrected chi connectivity index (χ1v) is 10.4. The Labute approximate surface area is 176 Å². The van der Waals surface area contributed by atoms with Crippen molar-refractivity contribution >= 4 is 51.1 Å². The molecule has 148 valence electrons. The van der Waals surface area contributed by atoms with Gasteiger partial charge >= 0.3 is 0 Å². The Morgan fingerprint density at radius 2 is 2.11 bits per heavy atom. The number of carbonyl (C=O) groups is 1. The summed E-state index contributed by atoms with van der Waals surface area (Å²) in [6, 6.07) is 6.44. The highest BCUT2D eigenvalue weighted by atomic mass is 35.5. The SMILES string of the molecule is CCCN(CC(=O)Nc1ccc(Cl)cc1Cl)Cc1cc(=O)n2cc(C)sc2n1. The third-order valence-corrected chi connectivity index (χ3v) is 5.48. The van der Waals surface area contributed by atoms with Gasteiger partial charge in [0, 0.05) is 28.7 Å². The van der Waals surface area contributed by atoms with Crippen molar-refractivity contribution in [2.45, 2.75) is 26.8 Å². The van der Waals surface area contributed by atoms with Crippen LogP contribution < -0.4 is 10.9 Å². The van der Waals surface area contributed by atoms with E-state index in [0.717, 1.165) is 11.3 Å². The molecule has 9 heteroatoms. The van der Waals surface area contributed by atoms with Gasteiger partial charge < -0.3 is 5.32 Å².